The highest BCUT2D eigenvalue weighted by Crippen LogP contribution is 2.18. The lowest BCUT2D eigenvalue weighted by molar-refractivity contribution is 0.312. The van der Waals surface area contributed by atoms with Gasteiger partial charge in [0.2, 0.25) is 11.9 Å². The van der Waals surface area contributed by atoms with Crippen molar-refractivity contribution in [2.75, 3.05) is 24.2 Å². The van der Waals surface area contributed by atoms with Gasteiger partial charge in [-0.3, -0.25) is 0 Å². The van der Waals surface area contributed by atoms with E-state index in [2.05, 4.69) is 51.5 Å². The molecule has 0 saturated carbocycles. The number of anilines is 2. The molecule has 0 aliphatic heterocycles. The number of nitrogens with two attached hydrogens (primary N) is 1. The molecule has 1 unspecified atom stereocenters. The van der Waals surface area contributed by atoms with Crippen molar-refractivity contribution >= 4 is 11.9 Å². The van der Waals surface area contributed by atoms with Crippen molar-refractivity contribution in [1.82, 2.24) is 15.0 Å². The maximum atomic E-state index is 5.63. The third kappa shape index (κ3) is 4.59. The smallest absolute Gasteiger partial charge is 0.323 e. The molecule has 0 fully saturated rings. The third-order valence-electron chi connectivity index (χ3n) is 3.13. The number of benzene rings is 1. The molecule has 0 spiro atoms. The first-order chi connectivity index (χ1) is 10.2. The number of rotatable bonds is 7. The second-order valence-corrected chi connectivity index (χ2v) is 4.76. The molecule has 1 aromatic heterocycles. The molecule has 6 heteroatoms. The van der Waals surface area contributed by atoms with Crippen LogP contribution in [0.4, 0.5) is 11.9 Å². The lowest BCUT2D eigenvalue weighted by atomic mass is 9.98. The highest BCUT2D eigenvalue weighted by atomic mass is 16.5. The molecule has 2 aromatic rings. The summed E-state index contributed by atoms with van der Waals surface area (Å²) in [4.78, 5) is 12.1. The summed E-state index contributed by atoms with van der Waals surface area (Å²) in [6.07, 6.45) is 0.972. The first kappa shape index (κ1) is 15.0. The number of nitrogens with one attached hydrogen (secondary N) is 1. The Morgan fingerprint density at radius 1 is 1.19 bits per heavy atom. The number of hydrogen-bond donors (Lipinski definition) is 2. The van der Waals surface area contributed by atoms with Gasteiger partial charge in [0, 0.05) is 6.54 Å². The molecule has 0 bridgehead atoms. The van der Waals surface area contributed by atoms with E-state index < -0.39 is 0 Å². The highest BCUT2D eigenvalue weighted by molar-refractivity contribution is 5.32. The maximum absolute atomic E-state index is 5.63. The van der Waals surface area contributed by atoms with Crippen molar-refractivity contribution in [3.63, 3.8) is 0 Å². The quantitative estimate of drug-likeness (QED) is 0.813. The first-order valence-electron chi connectivity index (χ1n) is 7.12. The summed E-state index contributed by atoms with van der Waals surface area (Å²) in [5, 5.41) is 3.16. The van der Waals surface area contributed by atoms with Gasteiger partial charge in [0.05, 0.1) is 6.61 Å². The molecule has 3 N–H and O–H groups in total. The number of ether oxygens (including phenoxy) is 1. The van der Waals surface area contributed by atoms with E-state index in [9.17, 15) is 0 Å². The molecule has 0 radical (unpaired) electrons. The summed E-state index contributed by atoms with van der Waals surface area (Å²) in [5.74, 6) is 1.07. The van der Waals surface area contributed by atoms with Gasteiger partial charge in [0.25, 0.3) is 0 Å². The van der Waals surface area contributed by atoms with E-state index in [-0.39, 0.29) is 12.0 Å². The van der Waals surface area contributed by atoms with Crippen LogP contribution in [0, 0.1) is 0 Å². The summed E-state index contributed by atoms with van der Waals surface area (Å²) in [6, 6.07) is 10.7. The summed E-state index contributed by atoms with van der Waals surface area (Å²) in [5.41, 5.74) is 6.95. The van der Waals surface area contributed by atoms with Gasteiger partial charge in [-0.2, -0.15) is 15.0 Å². The normalized spacial score (nSPS) is 11.9. The van der Waals surface area contributed by atoms with E-state index in [0.29, 0.717) is 18.5 Å². The van der Waals surface area contributed by atoms with Crippen molar-refractivity contribution in [3.8, 4) is 6.01 Å². The topological polar surface area (TPSA) is 86.0 Å². The van der Waals surface area contributed by atoms with E-state index in [0.717, 1.165) is 13.0 Å². The van der Waals surface area contributed by atoms with Gasteiger partial charge in [0.15, 0.2) is 0 Å². The Hall–Kier alpha value is -2.37. The van der Waals surface area contributed by atoms with Crippen molar-refractivity contribution in [3.05, 3.63) is 35.9 Å². The molecule has 6 nitrogen and oxygen atoms in total. The lowest BCUT2D eigenvalue weighted by Crippen LogP contribution is -2.11. The van der Waals surface area contributed by atoms with Crippen LogP contribution in [-0.2, 0) is 0 Å². The number of aromatic nitrogens is 3. The van der Waals surface area contributed by atoms with Crippen LogP contribution in [0.1, 0.15) is 31.7 Å². The van der Waals surface area contributed by atoms with E-state index in [1.807, 2.05) is 13.0 Å². The zero-order chi connectivity index (χ0) is 15.1. The molecule has 0 aliphatic rings. The van der Waals surface area contributed by atoms with E-state index in [4.69, 9.17) is 10.5 Å². The fourth-order valence-corrected chi connectivity index (χ4v) is 1.99. The Bertz CT molecular complexity index is 561. The average molecular weight is 287 g/mol. The van der Waals surface area contributed by atoms with Crippen molar-refractivity contribution < 1.29 is 4.74 Å². The Morgan fingerprint density at radius 3 is 2.67 bits per heavy atom. The fourth-order valence-electron chi connectivity index (χ4n) is 1.99. The van der Waals surface area contributed by atoms with E-state index >= 15 is 0 Å². The fraction of sp³-hybridized carbons (Fsp3) is 0.400. The summed E-state index contributed by atoms with van der Waals surface area (Å²) < 4.78 is 5.24. The van der Waals surface area contributed by atoms with Crippen molar-refractivity contribution in [1.29, 1.82) is 0 Å². The van der Waals surface area contributed by atoms with Gasteiger partial charge < -0.3 is 15.8 Å². The van der Waals surface area contributed by atoms with Gasteiger partial charge in [-0.1, -0.05) is 37.3 Å². The lowest BCUT2D eigenvalue weighted by Gasteiger charge is -2.12. The molecule has 21 heavy (non-hydrogen) atoms. The maximum Gasteiger partial charge on any atom is 0.323 e. The summed E-state index contributed by atoms with van der Waals surface area (Å²) >= 11 is 0. The van der Waals surface area contributed by atoms with Crippen LogP contribution in [-0.4, -0.2) is 28.1 Å². The molecule has 1 atom stereocenters. The minimum atomic E-state index is 0.159. The number of nitrogens with zero attached hydrogens (tertiary/aromatic N) is 3. The molecular formula is C15H21N5O. The van der Waals surface area contributed by atoms with E-state index in [1.165, 1.54) is 5.56 Å². The summed E-state index contributed by atoms with van der Waals surface area (Å²) in [6.45, 7) is 5.32. The van der Waals surface area contributed by atoms with Crippen LogP contribution in [0.2, 0.25) is 0 Å². The second kappa shape index (κ2) is 7.42. The van der Waals surface area contributed by atoms with Crippen molar-refractivity contribution in [2.45, 2.75) is 26.2 Å². The Labute approximate surface area is 124 Å². The van der Waals surface area contributed by atoms with Crippen LogP contribution in [0.15, 0.2) is 30.3 Å². The highest BCUT2D eigenvalue weighted by Gasteiger charge is 2.07. The minimum Gasteiger partial charge on any atom is -0.464 e. The standard InChI is InChI=1S/C15H21N5O/c1-3-21-15-19-13(16)18-14(20-15)17-10-9-11(2)12-7-5-4-6-8-12/h4-8,11H,3,9-10H2,1-2H3,(H3,16,17,18,19,20). The Balaban J connectivity index is 1.88. The molecule has 1 aromatic carbocycles. The van der Waals surface area contributed by atoms with Crippen LogP contribution in [0.5, 0.6) is 6.01 Å². The minimum absolute atomic E-state index is 0.159. The first-order valence-corrected chi connectivity index (χ1v) is 7.12. The van der Waals surface area contributed by atoms with Gasteiger partial charge >= 0.3 is 6.01 Å². The predicted octanol–water partition coefficient (Wildman–Crippen LogP) is 2.46. The molecule has 1 heterocycles. The van der Waals surface area contributed by atoms with Crippen LogP contribution in [0.25, 0.3) is 0 Å². The Kier molecular flexibility index (Phi) is 5.31. The van der Waals surface area contributed by atoms with Gasteiger partial charge in [0.1, 0.15) is 0 Å². The van der Waals surface area contributed by atoms with Gasteiger partial charge in [-0.05, 0) is 24.8 Å². The van der Waals surface area contributed by atoms with Crippen LogP contribution >= 0.6 is 0 Å². The molecule has 0 aliphatic carbocycles. The average Bonchev–Trinajstić information content (AvgIpc) is 2.48. The molecule has 0 saturated heterocycles. The second-order valence-electron chi connectivity index (χ2n) is 4.76. The predicted molar refractivity (Wildman–Crippen MR) is 83.4 cm³/mol. The van der Waals surface area contributed by atoms with Crippen molar-refractivity contribution in [2.24, 2.45) is 0 Å². The van der Waals surface area contributed by atoms with Gasteiger partial charge in [-0.25, -0.2) is 0 Å². The SMILES string of the molecule is CCOc1nc(N)nc(NCCC(C)c2ccccc2)n1. The number of nitrogen functional groups attached to an aromatic ring is 1. The third-order valence-corrected chi connectivity index (χ3v) is 3.13. The molecule has 0 amide bonds. The number of hydrogen-bond acceptors (Lipinski definition) is 6. The monoisotopic (exact) mass is 287 g/mol. The zero-order valence-corrected chi connectivity index (χ0v) is 12.4. The summed E-state index contributed by atoms with van der Waals surface area (Å²) in [7, 11) is 0. The largest absolute Gasteiger partial charge is 0.464 e. The van der Waals surface area contributed by atoms with E-state index in [1.54, 1.807) is 0 Å². The van der Waals surface area contributed by atoms with Crippen LogP contribution in [0.3, 0.4) is 0 Å². The van der Waals surface area contributed by atoms with Crippen LogP contribution < -0.4 is 15.8 Å². The zero-order valence-electron chi connectivity index (χ0n) is 12.4. The molecular weight excluding hydrogens is 266 g/mol. The van der Waals surface area contributed by atoms with Gasteiger partial charge in [-0.15, -0.1) is 0 Å². The Morgan fingerprint density at radius 2 is 1.95 bits per heavy atom. The molecule has 112 valence electrons. The molecule has 2 rings (SSSR count).